The fourth-order valence-electron chi connectivity index (χ4n) is 3.57. The van der Waals surface area contributed by atoms with Gasteiger partial charge in [-0.25, -0.2) is 0 Å². The predicted molar refractivity (Wildman–Crippen MR) is 119 cm³/mol. The van der Waals surface area contributed by atoms with Gasteiger partial charge in [-0.2, -0.15) is 0 Å². The number of benzene rings is 1. The summed E-state index contributed by atoms with van der Waals surface area (Å²) in [6.07, 6.45) is 5.30. The molecule has 2 aromatic rings. The van der Waals surface area contributed by atoms with Crippen molar-refractivity contribution in [1.82, 2.24) is 20.5 Å². The van der Waals surface area contributed by atoms with E-state index in [0.29, 0.717) is 12.6 Å². The molecular weight excluding hydrogens is 370 g/mol. The van der Waals surface area contributed by atoms with E-state index >= 15 is 0 Å². The number of nitrogens with one attached hydrogen (secondary N) is 4. The Morgan fingerprint density at radius 2 is 2.21 bits per heavy atom. The second-order valence-corrected chi connectivity index (χ2v) is 7.69. The maximum absolute atomic E-state index is 7.23. The van der Waals surface area contributed by atoms with Gasteiger partial charge in [0.05, 0.1) is 12.4 Å². The molecule has 1 atom stereocenters. The Morgan fingerprint density at radius 1 is 1.39 bits per heavy atom. The number of fused-ring (bicyclic) bond motifs is 1. The maximum Gasteiger partial charge on any atom is 0.0918 e. The Bertz CT molecular complexity index is 911. The Labute approximate surface area is 171 Å². The van der Waals surface area contributed by atoms with Gasteiger partial charge in [-0.3, -0.25) is 0 Å². The Morgan fingerprint density at radius 3 is 3.00 bits per heavy atom. The summed E-state index contributed by atoms with van der Waals surface area (Å²) in [5.74, 6) is 0.820. The lowest BCUT2D eigenvalue weighted by atomic mass is 10.0. The van der Waals surface area contributed by atoms with Crippen LogP contribution in [0.25, 0.3) is 10.9 Å². The van der Waals surface area contributed by atoms with E-state index in [0.717, 1.165) is 64.6 Å². The van der Waals surface area contributed by atoms with Crippen molar-refractivity contribution in [2.24, 2.45) is 0 Å². The Kier molecular flexibility index (Phi) is 6.47. The van der Waals surface area contributed by atoms with Gasteiger partial charge in [0.2, 0.25) is 0 Å². The monoisotopic (exact) mass is 397 g/mol. The molecule has 1 saturated heterocycles. The highest BCUT2D eigenvalue weighted by Gasteiger charge is 2.21. The molecule has 148 valence electrons. The fourth-order valence-corrected chi connectivity index (χ4v) is 3.75. The van der Waals surface area contributed by atoms with E-state index in [1.807, 2.05) is 25.1 Å². The van der Waals surface area contributed by atoms with Crippen LogP contribution < -0.4 is 10.6 Å². The van der Waals surface area contributed by atoms with E-state index in [1.165, 1.54) is 6.21 Å². The minimum absolute atomic E-state index is 0.319. The van der Waals surface area contributed by atoms with E-state index in [-0.39, 0.29) is 0 Å². The minimum Gasteiger partial charge on any atom is -0.370 e. The first-order valence-corrected chi connectivity index (χ1v) is 9.92. The number of allylic oxidation sites excluding steroid dienone is 2. The van der Waals surface area contributed by atoms with E-state index in [9.17, 15) is 0 Å². The number of aromatic nitrogens is 1. The lowest BCUT2D eigenvalue weighted by molar-refractivity contribution is 0.244. The van der Waals surface area contributed by atoms with Crippen LogP contribution in [0.1, 0.15) is 25.5 Å². The summed E-state index contributed by atoms with van der Waals surface area (Å²) in [6.45, 7) is 12.9. The van der Waals surface area contributed by atoms with E-state index in [4.69, 9.17) is 17.0 Å². The van der Waals surface area contributed by atoms with E-state index < -0.39 is 0 Å². The zero-order valence-corrected chi connectivity index (χ0v) is 17.1. The SMILES string of the molecule is C=C(NCc1cc2cc(Cl)ccc2[nH]1)NC1CCCN(C(=C)/C(C)=C/C=N)C1. The van der Waals surface area contributed by atoms with Gasteiger partial charge < -0.3 is 25.9 Å². The van der Waals surface area contributed by atoms with Gasteiger partial charge in [0, 0.05) is 52.7 Å². The zero-order valence-electron chi connectivity index (χ0n) is 16.3. The number of H-pyrrole nitrogens is 1. The normalized spacial score (nSPS) is 17.4. The third-order valence-electron chi connectivity index (χ3n) is 5.10. The third kappa shape index (κ3) is 4.98. The van der Waals surface area contributed by atoms with E-state index in [2.05, 4.69) is 39.7 Å². The Hall–Kier alpha value is -2.66. The molecule has 0 saturated carbocycles. The number of likely N-dealkylation sites (tertiary alicyclic amines) is 1. The first-order chi connectivity index (χ1) is 13.5. The molecule has 6 heteroatoms. The molecule has 1 aliphatic rings. The fraction of sp³-hybridized carbons (Fsp3) is 0.318. The second kappa shape index (κ2) is 9.02. The summed E-state index contributed by atoms with van der Waals surface area (Å²) in [7, 11) is 0. The van der Waals surface area contributed by atoms with Gasteiger partial charge in [0.15, 0.2) is 0 Å². The number of hydrogen-bond donors (Lipinski definition) is 4. The summed E-state index contributed by atoms with van der Waals surface area (Å²) in [4.78, 5) is 5.68. The average molecular weight is 398 g/mol. The number of aromatic amines is 1. The largest absolute Gasteiger partial charge is 0.370 e. The average Bonchev–Trinajstić information content (AvgIpc) is 3.08. The highest BCUT2D eigenvalue weighted by Crippen LogP contribution is 2.21. The molecule has 3 rings (SSSR count). The number of hydrogen-bond acceptors (Lipinski definition) is 4. The topological polar surface area (TPSA) is 66.9 Å². The number of halogens is 1. The molecule has 0 aliphatic carbocycles. The van der Waals surface area contributed by atoms with Crippen molar-refractivity contribution in [3.8, 4) is 0 Å². The van der Waals surface area contributed by atoms with Crippen molar-refractivity contribution < 1.29 is 0 Å². The molecule has 1 aromatic carbocycles. The Balaban J connectivity index is 1.51. The van der Waals surface area contributed by atoms with Gasteiger partial charge in [-0.15, -0.1) is 0 Å². The smallest absolute Gasteiger partial charge is 0.0918 e. The van der Waals surface area contributed by atoms with Crippen LogP contribution in [0, 0.1) is 5.41 Å². The summed E-state index contributed by atoms with van der Waals surface area (Å²) in [6, 6.07) is 8.26. The molecule has 5 nitrogen and oxygen atoms in total. The van der Waals surface area contributed by atoms with Crippen molar-refractivity contribution in [3.63, 3.8) is 0 Å². The standard InChI is InChI=1S/C22H28ClN5/c1-15(8-9-24)16(2)28-10-4-5-20(14-28)26-17(3)25-13-21-12-18-11-19(23)6-7-22(18)27-21/h6-9,11-12,20,24-27H,2-5,10,13-14H2,1H3/b15-8+,24-9?. The molecule has 4 N–H and O–H groups in total. The molecule has 28 heavy (non-hydrogen) atoms. The van der Waals surface area contributed by atoms with Crippen LogP contribution in [0.3, 0.4) is 0 Å². The van der Waals surface area contributed by atoms with Gasteiger partial charge >= 0.3 is 0 Å². The molecule has 2 heterocycles. The first kappa shape index (κ1) is 20.1. The highest BCUT2D eigenvalue weighted by atomic mass is 35.5. The molecule has 1 fully saturated rings. The second-order valence-electron chi connectivity index (χ2n) is 7.25. The van der Waals surface area contributed by atoms with Crippen LogP contribution in [0.5, 0.6) is 0 Å². The predicted octanol–water partition coefficient (Wildman–Crippen LogP) is 4.55. The van der Waals surface area contributed by atoms with Gasteiger partial charge in [-0.1, -0.05) is 24.8 Å². The summed E-state index contributed by atoms with van der Waals surface area (Å²) in [5, 5.41) is 15.9. The minimum atomic E-state index is 0.319. The molecular formula is C22H28ClN5. The lowest BCUT2D eigenvalue weighted by Gasteiger charge is -2.37. The number of nitrogens with zero attached hydrogens (tertiary/aromatic N) is 1. The van der Waals surface area contributed by atoms with Crippen molar-refractivity contribution in [1.29, 1.82) is 5.41 Å². The molecule has 0 amide bonds. The van der Waals surface area contributed by atoms with Crippen LogP contribution in [0.15, 0.2) is 60.6 Å². The molecule has 0 bridgehead atoms. The van der Waals surface area contributed by atoms with Gasteiger partial charge in [-0.05, 0) is 55.7 Å². The molecule has 1 aromatic heterocycles. The summed E-state index contributed by atoms with van der Waals surface area (Å²) < 4.78 is 0. The van der Waals surface area contributed by atoms with Crippen LogP contribution >= 0.6 is 11.6 Å². The van der Waals surface area contributed by atoms with Crippen LogP contribution in [0.2, 0.25) is 5.02 Å². The van der Waals surface area contributed by atoms with Crippen molar-refractivity contribution >= 4 is 28.7 Å². The third-order valence-corrected chi connectivity index (χ3v) is 5.34. The van der Waals surface area contributed by atoms with Crippen LogP contribution in [0.4, 0.5) is 0 Å². The van der Waals surface area contributed by atoms with Crippen LogP contribution in [-0.4, -0.2) is 35.2 Å². The summed E-state index contributed by atoms with van der Waals surface area (Å²) >= 11 is 6.06. The maximum atomic E-state index is 7.23. The van der Waals surface area contributed by atoms with Crippen LogP contribution in [-0.2, 0) is 6.54 Å². The first-order valence-electron chi connectivity index (χ1n) is 9.54. The van der Waals surface area contributed by atoms with Gasteiger partial charge in [0.25, 0.3) is 0 Å². The molecule has 0 radical (unpaired) electrons. The van der Waals surface area contributed by atoms with Crippen molar-refractivity contribution in [2.45, 2.75) is 32.4 Å². The summed E-state index contributed by atoms with van der Waals surface area (Å²) in [5.41, 5.74) is 4.19. The molecule has 1 aliphatic heterocycles. The highest BCUT2D eigenvalue weighted by molar-refractivity contribution is 6.31. The van der Waals surface area contributed by atoms with Crippen molar-refractivity contribution in [3.05, 3.63) is 71.3 Å². The number of piperidine rings is 1. The lowest BCUT2D eigenvalue weighted by Crippen LogP contribution is -2.46. The van der Waals surface area contributed by atoms with Gasteiger partial charge in [0.1, 0.15) is 0 Å². The zero-order chi connectivity index (χ0) is 20.1. The molecule has 1 unspecified atom stereocenters. The van der Waals surface area contributed by atoms with Crippen molar-refractivity contribution in [2.75, 3.05) is 13.1 Å². The number of rotatable bonds is 8. The quantitative estimate of drug-likeness (QED) is 0.390. The van der Waals surface area contributed by atoms with E-state index in [1.54, 1.807) is 6.08 Å². The molecule has 0 spiro atoms.